The van der Waals surface area contributed by atoms with Crippen molar-refractivity contribution in [2.75, 3.05) is 18.9 Å². The Morgan fingerprint density at radius 3 is 2.57 bits per heavy atom. The highest BCUT2D eigenvalue weighted by atomic mass is 35.5. The van der Waals surface area contributed by atoms with Crippen molar-refractivity contribution in [1.82, 2.24) is 20.4 Å². The highest BCUT2D eigenvalue weighted by molar-refractivity contribution is 7.10. The molecule has 12 nitrogen and oxygen atoms in total. The van der Waals surface area contributed by atoms with E-state index < -0.39 is 41.3 Å². The normalized spacial score (nSPS) is 12.9. The van der Waals surface area contributed by atoms with Gasteiger partial charge in [0.1, 0.15) is 30.4 Å². The van der Waals surface area contributed by atoms with Gasteiger partial charge in [-0.25, -0.2) is 18.6 Å². The number of aliphatic hydroxyl groups is 1. The number of rotatable bonds is 13. The zero-order valence-corrected chi connectivity index (χ0v) is 31.4. The van der Waals surface area contributed by atoms with E-state index >= 15 is 4.39 Å². The van der Waals surface area contributed by atoms with Crippen LogP contribution in [0.1, 0.15) is 59.0 Å². The number of nitrogens with one attached hydrogen (secondary N) is 3. The molecule has 280 valence electrons. The van der Waals surface area contributed by atoms with E-state index in [1.54, 1.807) is 68.7 Å². The van der Waals surface area contributed by atoms with Gasteiger partial charge in [-0.15, -0.1) is 23.7 Å². The maximum absolute atomic E-state index is 15.3. The third kappa shape index (κ3) is 10.3. The SMILES string of the molecule is CNCC(=O)OCc1cc(C)ccc1NC(=O)OC(C)c1nc[n+](C[C@](O)(c2cc(F)ccc2F)[C@@H](C)c2nc(-c3ccc(C#N)cc3)cs2)[nH]1.Cl.[Cl-]. The van der Waals surface area contributed by atoms with Gasteiger partial charge in [0.25, 0.3) is 5.82 Å². The smallest absolute Gasteiger partial charge is 0.412 e. The number of aromatic amines is 1. The first-order valence-corrected chi connectivity index (χ1v) is 16.7. The van der Waals surface area contributed by atoms with Crippen molar-refractivity contribution in [2.24, 2.45) is 0 Å². The molecule has 2 heterocycles. The summed E-state index contributed by atoms with van der Waals surface area (Å²) in [5, 5.41) is 32.0. The Morgan fingerprint density at radius 1 is 1.13 bits per heavy atom. The molecule has 0 aliphatic heterocycles. The molecular formula is C36H37Cl2F2N7O5S. The van der Waals surface area contributed by atoms with E-state index in [1.165, 1.54) is 22.3 Å². The molecule has 3 aromatic carbocycles. The molecule has 4 N–H and O–H groups in total. The molecule has 0 radical (unpaired) electrons. The Hall–Kier alpha value is -4.98. The van der Waals surface area contributed by atoms with Crippen LogP contribution in [0.2, 0.25) is 0 Å². The highest BCUT2D eigenvalue weighted by Gasteiger charge is 2.44. The number of hydrogen-bond acceptors (Lipinski definition) is 10. The molecule has 1 unspecified atom stereocenters. The number of halogens is 4. The van der Waals surface area contributed by atoms with Gasteiger partial charge in [0.05, 0.1) is 34.6 Å². The summed E-state index contributed by atoms with van der Waals surface area (Å²) in [6.45, 7) is 4.80. The molecule has 0 fully saturated rings. The molecule has 0 aliphatic carbocycles. The van der Waals surface area contributed by atoms with Crippen molar-refractivity contribution in [3.8, 4) is 17.3 Å². The quantitative estimate of drug-likeness (QED) is 0.104. The molecule has 0 aliphatic rings. The van der Waals surface area contributed by atoms with Crippen LogP contribution in [-0.4, -0.2) is 45.8 Å². The Morgan fingerprint density at radius 2 is 1.87 bits per heavy atom. The van der Waals surface area contributed by atoms with Crippen LogP contribution in [0.5, 0.6) is 0 Å². The van der Waals surface area contributed by atoms with Crippen LogP contribution in [-0.2, 0) is 33.0 Å². The second kappa shape index (κ2) is 18.7. The Kier molecular flexibility index (Phi) is 15.0. The average Bonchev–Trinajstić information content (AvgIpc) is 3.80. The van der Waals surface area contributed by atoms with Gasteiger partial charge in [0.2, 0.25) is 0 Å². The van der Waals surface area contributed by atoms with Crippen molar-refractivity contribution in [1.29, 1.82) is 5.26 Å². The third-order valence-electron chi connectivity index (χ3n) is 8.20. The average molecular weight is 789 g/mol. The van der Waals surface area contributed by atoms with Crippen molar-refractivity contribution < 1.29 is 50.0 Å². The number of aryl methyl sites for hydroxylation is 1. The first-order valence-electron chi connectivity index (χ1n) is 15.9. The van der Waals surface area contributed by atoms with Gasteiger partial charge in [0, 0.05) is 28.0 Å². The van der Waals surface area contributed by atoms with Gasteiger partial charge in [-0.1, -0.05) is 36.8 Å². The van der Waals surface area contributed by atoms with E-state index in [9.17, 15) is 19.1 Å². The van der Waals surface area contributed by atoms with Gasteiger partial charge >= 0.3 is 18.4 Å². The standard InChI is InChI=1S/C36H35F2N7O5S.2ClH/c1-21-5-12-30(26(13-21)17-49-32(46)16-40-4)43-35(47)50-23(3)33-41-20-45(44-33)19-36(48,28-14-27(37)10-11-29(28)38)22(2)34-42-31(18-51-34)25-8-6-24(15-39)7-9-25;;/h5-14,18,20,22-23,40,48H,16-17,19H2,1-4H3,(H,43,47);2*1H/t22-,23?,36+;;/m0../s1. The number of amides is 1. The number of thiazole rings is 1. The number of carbonyl (C=O) groups excluding carboxylic acids is 2. The van der Waals surface area contributed by atoms with E-state index in [0.29, 0.717) is 27.5 Å². The van der Waals surface area contributed by atoms with Gasteiger partial charge in [-0.05, 0) is 62.3 Å². The summed E-state index contributed by atoms with van der Waals surface area (Å²) >= 11 is 1.25. The summed E-state index contributed by atoms with van der Waals surface area (Å²) in [5.74, 6) is -2.62. The third-order valence-corrected chi connectivity index (χ3v) is 9.22. The molecule has 0 saturated carbocycles. The molecule has 2 aromatic heterocycles. The largest absolute Gasteiger partial charge is 1.00 e. The molecular weight excluding hydrogens is 751 g/mol. The fourth-order valence-electron chi connectivity index (χ4n) is 5.37. The molecule has 0 saturated heterocycles. The molecule has 0 bridgehead atoms. The highest BCUT2D eigenvalue weighted by Crippen LogP contribution is 2.41. The molecule has 5 rings (SSSR count). The Balaban J connectivity index is 0.00000378. The maximum atomic E-state index is 15.3. The van der Waals surface area contributed by atoms with Crippen LogP contribution >= 0.6 is 23.7 Å². The van der Waals surface area contributed by atoms with Crippen molar-refractivity contribution in [3.63, 3.8) is 0 Å². The van der Waals surface area contributed by atoms with Crippen molar-refractivity contribution in [2.45, 2.75) is 51.5 Å². The van der Waals surface area contributed by atoms with Crippen molar-refractivity contribution in [3.05, 3.63) is 117 Å². The summed E-state index contributed by atoms with van der Waals surface area (Å²) in [6.07, 6.45) is -0.353. The van der Waals surface area contributed by atoms with E-state index in [1.807, 2.05) is 6.92 Å². The topological polar surface area (TPSA) is 166 Å². The lowest BCUT2D eigenvalue weighted by molar-refractivity contribution is -0.765. The van der Waals surface area contributed by atoms with E-state index in [-0.39, 0.29) is 55.9 Å². The number of aromatic nitrogens is 4. The van der Waals surface area contributed by atoms with E-state index in [2.05, 4.69) is 26.8 Å². The van der Waals surface area contributed by atoms with Crippen LogP contribution in [0.3, 0.4) is 0 Å². The first-order chi connectivity index (χ1) is 24.4. The zero-order valence-electron chi connectivity index (χ0n) is 29.0. The Bertz CT molecular complexity index is 2080. The van der Waals surface area contributed by atoms with Crippen LogP contribution in [0.25, 0.3) is 11.3 Å². The number of benzene rings is 3. The fourth-order valence-corrected chi connectivity index (χ4v) is 6.34. The van der Waals surface area contributed by atoms with Gasteiger partial charge in [-0.3, -0.25) is 10.1 Å². The van der Waals surface area contributed by atoms with E-state index in [4.69, 9.17) is 19.7 Å². The van der Waals surface area contributed by atoms with Crippen molar-refractivity contribution >= 4 is 41.5 Å². The number of nitriles is 1. The summed E-state index contributed by atoms with van der Waals surface area (Å²) in [6, 6.07) is 17.0. The molecule has 3 atom stereocenters. The number of H-pyrrole nitrogens is 1. The molecule has 17 heteroatoms. The summed E-state index contributed by atoms with van der Waals surface area (Å²) in [4.78, 5) is 33.8. The van der Waals surface area contributed by atoms with Gasteiger partial charge < -0.3 is 32.3 Å². The second-order valence-electron chi connectivity index (χ2n) is 11.9. The lowest BCUT2D eigenvalue weighted by atomic mass is 9.82. The number of likely N-dealkylation sites (N-methyl/N-ethyl adjacent to an activating group) is 1. The number of anilines is 1. The zero-order chi connectivity index (χ0) is 36.7. The summed E-state index contributed by atoms with van der Waals surface area (Å²) < 4.78 is 42.0. The molecule has 0 spiro atoms. The molecule has 53 heavy (non-hydrogen) atoms. The number of carbonyl (C=O) groups is 2. The van der Waals surface area contributed by atoms with Gasteiger partial charge in [0.15, 0.2) is 6.10 Å². The fraction of sp³-hybridized carbons (Fsp3) is 0.278. The monoisotopic (exact) mass is 787 g/mol. The number of ether oxygens (including phenoxy) is 2. The number of esters is 1. The van der Waals surface area contributed by atoms with Crippen LogP contribution in [0.4, 0.5) is 19.3 Å². The minimum atomic E-state index is -2.03. The predicted molar refractivity (Wildman–Crippen MR) is 190 cm³/mol. The maximum Gasteiger partial charge on any atom is 0.412 e. The van der Waals surface area contributed by atoms with Crippen LogP contribution < -0.4 is 27.7 Å². The molecule has 1 amide bonds. The minimum Gasteiger partial charge on any atom is -1.00 e. The van der Waals surface area contributed by atoms with Crippen LogP contribution in [0, 0.1) is 29.9 Å². The second-order valence-corrected chi connectivity index (χ2v) is 12.8. The lowest BCUT2D eigenvalue weighted by Crippen LogP contribution is -3.00. The summed E-state index contributed by atoms with van der Waals surface area (Å²) in [7, 11) is 1.63. The Labute approximate surface area is 321 Å². The number of hydrogen-bond donors (Lipinski definition) is 4. The van der Waals surface area contributed by atoms with Crippen LogP contribution in [0.15, 0.2) is 72.4 Å². The van der Waals surface area contributed by atoms with E-state index in [0.717, 1.165) is 29.3 Å². The minimum absolute atomic E-state index is 0. The summed E-state index contributed by atoms with van der Waals surface area (Å²) in [5.41, 5.74) is 1.41. The number of nitrogens with zero attached hydrogens (tertiary/aromatic N) is 4. The predicted octanol–water partition coefficient (Wildman–Crippen LogP) is 2.97. The lowest BCUT2D eigenvalue weighted by Gasteiger charge is -2.32. The first kappa shape index (κ1) is 42.4. The molecule has 5 aromatic rings. The van der Waals surface area contributed by atoms with Gasteiger partial charge in [-0.2, -0.15) is 15.0 Å².